The third-order valence-electron chi connectivity index (χ3n) is 7.06. The summed E-state index contributed by atoms with van der Waals surface area (Å²) in [5.41, 5.74) is 1.68. The molecule has 2 atom stereocenters. The Balaban J connectivity index is 2.03. The summed E-state index contributed by atoms with van der Waals surface area (Å²) in [4.78, 5) is 29.5. The number of aryl methyl sites for hydroxylation is 1. The first kappa shape index (κ1) is 28.5. The van der Waals surface area contributed by atoms with Crippen LogP contribution in [-0.4, -0.2) is 60.5 Å². The zero-order valence-corrected chi connectivity index (χ0v) is 23.0. The maximum absolute atomic E-state index is 12.7. The number of hydrogen-bond donors (Lipinski definition) is 3. The SMILES string of the molecule is COC(=O)C[C@@H](c1cc(OC)c(OC)c(OC)c1)c1c(O)c(C(C)=O)cc([C@H]2OCc3cnc(C)c(O)c32)c1O. The van der Waals surface area contributed by atoms with Crippen LogP contribution in [0.15, 0.2) is 24.4 Å². The highest BCUT2D eigenvalue weighted by Gasteiger charge is 2.37. The Morgan fingerprint density at radius 1 is 1.00 bits per heavy atom. The number of ether oxygens (including phenoxy) is 5. The van der Waals surface area contributed by atoms with Gasteiger partial charge in [0, 0.05) is 34.4 Å². The van der Waals surface area contributed by atoms with E-state index in [0.29, 0.717) is 28.1 Å². The van der Waals surface area contributed by atoms with Crippen molar-refractivity contribution in [2.24, 2.45) is 0 Å². The van der Waals surface area contributed by atoms with E-state index in [1.165, 1.54) is 41.4 Å². The van der Waals surface area contributed by atoms with Crippen molar-refractivity contribution in [2.45, 2.75) is 38.9 Å². The number of methoxy groups -OCH3 is 4. The van der Waals surface area contributed by atoms with Gasteiger partial charge in [-0.05, 0) is 37.6 Å². The van der Waals surface area contributed by atoms with Gasteiger partial charge in [0.15, 0.2) is 17.3 Å². The lowest BCUT2D eigenvalue weighted by Crippen LogP contribution is -2.14. The van der Waals surface area contributed by atoms with E-state index in [0.717, 1.165) is 0 Å². The third-order valence-corrected chi connectivity index (χ3v) is 7.06. The quantitative estimate of drug-likeness (QED) is 0.260. The van der Waals surface area contributed by atoms with Gasteiger partial charge in [-0.2, -0.15) is 0 Å². The number of hydrogen-bond acceptors (Lipinski definition) is 11. The van der Waals surface area contributed by atoms with Crippen LogP contribution in [0.4, 0.5) is 0 Å². The molecule has 0 saturated heterocycles. The average molecular weight is 554 g/mol. The monoisotopic (exact) mass is 553 g/mol. The summed E-state index contributed by atoms with van der Waals surface area (Å²) in [5, 5.41) is 33.9. The van der Waals surface area contributed by atoms with Gasteiger partial charge in [0.1, 0.15) is 23.4 Å². The molecular weight excluding hydrogens is 522 g/mol. The van der Waals surface area contributed by atoms with Crippen LogP contribution >= 0.6 is 0 Å². The zero-order valence-electron chi connectivity index (χ0n) is 23.0. The summed E-state index contributed by atoms with van der Waals surface area (Å²) in [5.74, 6) is -2.36. The summed E-state index contributed by atoms with van der Waals surface area (Å²) in [6.45, 7) is 3.00. The smallest absolute Gasteiger partial charge is 0.306 e. The van der Waals surface area contributed by atoms with Crippen LogP contribution < -0.4 is 14.2 Å². The lowest BCUT2D eigenvalue weighted by atomic mass is 9.82. The Kier molecular flexibility index (Phi) is 8.06. The van der Waals surface area contributed by atoms with E-state index >= 15 is 0 Å². The van der Waals surface area contributed by atoms with Crippen molar-refractivity contribution in [2.75, 3.05) is 28.4 Å². The molecule has 2 aromatic carbocycles. The molecule has 1 aromatic heterocycles. The summed E-state index contributed by atoms with van der Waals surface area (Å²) in [7, 11) is 5.52. The molecule has 0 unspecified atom stereocenters. The number of carbonyl (C=O) groups is 2. The molecule has 11 heteroatoms. The van der Waals surface area contributed by atoms with Crippen molar-refractivity contribution < 1.29 is 48.6 Å². The van der Waals surface area contributed by atoms with Crippen LogP contribution in [-0.2, 0) is 20.9 Å². The van der Waals surface area contributed by atoms with Gasteiger partial charge in [0.05, 0.1) is 52.7 Å². The Hall–Kier alpha value is -4.51. The predicted molar refractivity (Wildman–Crippen MR) is 142 cm³/mol. The number of aromatic nitrogens is 1. The van der Waals surface area contributed by atoms with Gasteiger partial charge in [0.2, 0.25) is 5.75 Å². The van der Waals surface area contributed by atoms with Gasteiger partial charge in [-0.1, -0.05) is 0 Å². The number of ketones is 1. The first-order valence-electron chi connectivity index (χ1n) is 12.3. The maximum Gasteiger partial charge on any atom is 0.306 e. The molecule has 0 amide bonds. The predicted octanol–water partition coefficient (Wildman–Crippen LogP) is 4.05. The van der Waals surface area contributed by atoms with Crippen molar-refractivity contribution in [1.29, 1.82) is 0 Å². The average Bonchev–Trinajstić information content (AvgIpc) is 3.37. The molecule has 212 valence electrons. The zero-order chi connectivity index (χ0) is 29.3. The van der Waals surface area contributed by atoms with E-state index in [1.54, 1.807) is 25.3 Å². The van der Waals surface area contributed by atoms with Gasteiger partial charge in [-0.25, -0.2) is 0 Å². The lowest BCUT2D eigenvalue weighted by molar-refractivity contribution is -0.140. The van der Waals surface area contributed by atoms with Crippen LogP contribution in [0.2, 0.25) is 0 Å². The summed E-state index contributed by atoms with van der Waals surface area (Å²) >= 11 is 0. The number of benzene rings is 2. The molecule has 1 aliphatic heterocycles. The standard InChI is InChI=1S/C29H31NO10/c1-13-25(33)23-16(11-30-13)12-40-28(23)19-9-17(14(2)31)26(34)24(27(19)35)18(10-22(32)38-5)15-7-20(36-3)29(39-6)21(8-15)37-4/h7-9,11,18,28,33-35H,10,12H2,1-6H3/t18-,28+/m0/s1. The number of Topliss-reactive ketones (excluding diaryl/α,β-unsaturated/α-hetero) is 1. The Morgan fingerprint density at radius 3 is 2.20 bits per heavy atom. The minimum absolute atomic E-state index is 0.102. The lowest BCUT2D eigenvalue weighted by Gasteiger charge is -2.25. The van der Waals surface area contributed by atoms with Crippen molar-refractivity contribution in [1.82, 2.24) is 4.98 Å². The molecular formula is C29H31NO10. The normalized spacial score (nSPS) is 14.8. The largest absolute Gasteiger partial charge is 0.507 e. The highest BCUT2D eigenvalue weighted by Crippen LogP contribution is 2.52. The van der Waals surface area contributed by atoms with Gasteiger partial charge < -0.3 is 39.0 Å². The van der Waals surface area contributed by atoms with Gasteiger partial charge >= 0.3 is 5.97 Å². The van der Waals surface area contributed by atoms with E-state index in [1.807, 2.05) is 0 Å². The van der Waals surface area contributed by atoms with E-state index < -0.39 is 35.3 Å². The number of aromatic hydroxyl groups is 3. The summed E-state index contributed by atoms with van der Waals surface area (Å²) in [6.07, 6.45) is 0.269. The van der Waals surface area contributed by atoms with E-state index in [-0.39, 0.29) is 47.0 Å². The molecule has 0 spiro atoms. The number of esters is 1. The van der Waals surface area contributed by atoms with Crippen molar-refractivity contribution in [3.8, 4) is 34.5 Å². The first-order valence-corrected chi connectivity index (χ1v) is 12.3. The summed E-state index contributed by atoms with van der Waals surface area (Å²) in [6, 6.07) is 4.49. The second kappa shape index (κ2) is 11.3. The molecule has 3 N–H and O–H groups in total. The minimum atomic E-state index is -1.03. The molecule has 0 aliphatic carbocycles. The minimum Gasteiger partial charge on any atom is -0.507 e. The fourth-order valence-electron chi connectivity index (χ4n) is 5.00. The van der Waals surface area contributed by atoms with E-state index in [4.69, 9.17) is 23.7 Å². The molecule has 0 bridgehead atoms. The fraction of sp³-hybridized carbons (Fsp3) is 0.345. The maximum atomic E-state index is 12.7. The number of carbonyl (C=O) groups excluding carboxylic acids is 2. The van der Waals surface area contributed by atoms with Crippen molar-refractivity contribution >= 4 is 11.8 Å². The third kappa shape index (κ3) is 4.84. The van der Waals surface area contributed by atoms with E-state index in [2.05, 4.69) is 4.98 Å². The number of phenols is 2. The molecule has 2 heterocycles. The van der Waals surface area contributed by atoms with Crippen molar-refractivity contribution in [3.05, 3.63) is 63.5 Å². The number of nitrogens with zero attached hydrogens (tertiary/aromatic N) is 1. The molecule has 0 radical (unpaired) electrons. The Labute approximate surface area is 230 Å². The van der Waals surface area contributed by atoms with Crippen molar-refractivity contribution in [3.63, 3.8) is 0 Å². The second-order valence-corrected chi connectivity index (χ2v) is 9.29. The van der Waals surface area contributed by atoms with Gasteiger partial charge in [-0.3, -0.25) is 14.6 Å². The van der Waals surface area contributed by atoms with Crippen LogP contribution in [0.3, 0.4) is 0 Å². The Morgan fingerprint density at radius 2 is 1.65 bits per heavy atom. The van der Waals surface area contributed by atoms with E-state index in [9.17, 15) is 24.9 Å². The molecule has 11 nitrogen and oxygen atoms in total. The summed E-state index contributed by atoms with van der Waals surface area (Å²) < 4.78 is 27.2. The van der Waals surface area contributed by atoms with Crippen LogP contribution in [0, 0.1) is 6.92 Å². The van der Waals surface area contributed by atoms with Gasteiger partial charge in [0.25, 0.3) is 0 Å². The fourth-order valence-corrected chi connectivity index (χ4v) is 5.00. The van der Waals surface area contributed by atoms with Crippen LogP contribution in [0.1, 0.15) is 69.2 Å². The Bertz CT molecular complexity index is 1460. The molecule has 0 saturated carbocycles. The molecule has 40 heavy (non-hydrogen) atoms. The number of fused-ring (bicyclic) bond motifs is 1. The molecule has 1 aliphatic rings. The number of pyridine rings is 1. The molecule has 0 fully saturated rings. The number of rotatable bonds is 9. The van der Waals surface area contributed by atoms with Gasteiger partial charge in [-0.15, -0.1) is 0 Å². The topological polar surface area (TPSA) is 154 Å². The molecule has 3 aromatic rings. The highest BCUT2D eigenvalue weighted by atomic mass is 16.5. The second-order valence-electron chi connectivity index (χ2n) is 9.29. The molecule has 4 rings (SSSR count). The first-order chi connectivity index (χ1) is 19.1. The van der Waals surface area contributed by atoms with Crippen LogP contribution in [0.25, 0.3) is 0 Å². The van der Waals surface area contributed by atoms with Crippen LogP contribution in [0.5, 0.6) is 34.5 Å². The number of phenolic OH excluding ortho intramolecular Hbond substituents is 2. The highest BCUT2D eigenvalue weighted by molar-refractivity contribution is 5.98.